The van der Waals surface area contributed by atoms with Gasteiger partial charge in [0.15, 0.2) is 0 Å². The molecular formula is C21H19F2N3O3. The van der Waals surface area contributed by atoms with Crippen molar-refractivity contribution in [1.29, 1.82) is 0 Å². The molecule has 1 aliphatic rings. The van der Waals surface area contributed by atoms with Crippen LogP contribution in [0.3, 0.4) is 0 Å². The molecule has 0 bridgehead atoms. The van der Waals surface area contributed by atoms with Crippen molar-refractivity contribution in [3.8, 4) is 17.1 Å². The normalized spacial score (nSPS) is 16.4. The first kappa shape index (κ1) is 19.0. The van der Waals surface area contributed by atoms with E-state index in [1.54, 1.807) is 0 Å². The Morgan fingerprint density at radius 2 is 2.10 bits per heavy atom. The average molecular weight is 399 g/mol. The standard InChI is InChI=1S/C21H19F2N3O3/c1-2-28-17-5-3-4-13(8-17)20-24-21(29-25-20)15-9-19(27)26(12-15)11-14-6-7-16(22)10-18(14)23/h3-8,10,15H,2,9,11-12H2,1H3. The molecule has 1 saturated heterocycles. The highest BCUT2D eigenvalue weighted by Gasteiger charge is 2.34. The molecule has 1 atom stereocenters. The third-order valence-corrected chi connectivity index (χ3v) is 4.79. The van der Waals surface area contributed by atoms with Crippen molar-refractivity contribution in [2.45, 2.75) is 25.8 Å². The van der Waals surface area contributed by atoms with Crippen LogP contribution < -0.4 is 4.74 Å². The molecule has 29 heavy (non-hydrogen) atoms. The average Bonchev–Trinajstić information content (AvgIpc) is 3.32. The van der Waals surface area contributed by atoms with Crippen LogP contribution in [-0.4, -0.2) is 34.1 Å². The van der Waals surface area contributed by atoms with Crippen molar-refractivity contribution >= 4 is 5.91 Å². The molecule has 3 aromatic rings. The van der Waals surface area contributed by atoms with Crippen molar-refractivity contribution in [1.82, 2.24) is 15.0 Å². The third kappa shape index (κ3) is 4.11. The van der Waals surface area contributed by atoms with Crippen LogP contribution in [0.15, 0.2) is 47.0 Å². The van der Waals surface area contributed by atoms with Crippen LogP contribution in [0, 0.1) is 11.6 Å². The summed E-state index contributed by atoms with van der Waals surface area (Å²) in [5.41, 5.74) is 1.01. The summed E-state index contributed by atoms with van der Waals surface area (Å²) in [5, 5.41) is 4.02. The SMILES string of the molecule is CCOc1cccc(-c2noc(C3CC(=O)N(Cc4ccc(F)cc4F)C3)n2)c1. The maximum absolute atomic E-state index is 13.9. The van der Waals surface area contributed by atoms with E-state index in [-0.39, 0.29) is 30.4 Å². The van der Waals surface area contributed by atoms with Gasteiger partial charge in [0, 0.05) is 36.7 Å². The Morgan fingerprint density at radius 1 is 1.24 bits per heavy atom. The van der Waals surface area contributed by atoms with E-state index in [0.717, 1.165) is 11.6 Å². The number of amides is 1. The van der Waals surface area contributed by atoms with Gasteiger partial charge in [0.05, 0.1) is 12.5 Å². The number of ether oxygens (including phenoxy) is 1. The van der Waals surface area contributed by atoms with E-state index in [2.05, 4.69) is 10.1 Å². The largest absolute Gasteiger partial charge is 0.494 e. The van der Waals surface area contributed by atoms with Gasteiger partial charge in [-0.25, -0.2) is 8.78 Å². The van der Waals surface area contributed by atoms with Gasteiger partial charge in [0.2, 0.25) is 17.6 Å². The Bertz CT molecular complexity index is 1040. The molecule has 0 aliphatic carbocycles. The first-order valence-corrected chi connectivity index (χ1v) is 9.32. The van der Waals surface area contributed by atoms with Crippen LogP contribution >= 0.6 is 0 Å². The second kappa shape index (κ2) is 7.98. The minimum atomic E-state index is -0.671. The van der Waals surface area contributed by atoms with Gasteiger partial charge in [-0.3, -0.25) is 4.79 Å². The smallest absolute Gasteiger partial charge is 0.232 e. The van der Waals surface area contributed by atoms with E-state index in [0.29, 0.717) is 30.6 Å². The van der Waals surface area contributed by atoms with Crippen molar-refractivity contribution in [3.05, 3.63) is 65.6 Å². The summed E-state index contributed by atoms with van der Waals surface area (Å²) in [6.45, 7) is 2.85. The topological polar surface area (TPSA) is 68.5 Å². The van der Waals surface area contributed by atoms with Crippen LogP contribution in [0.5, 0.6) is 5.75 Å². The number of hydrogen-bond donors (Lipinski definition) is 0. The van der Waals surface area contributed by atoms with Crippen LogP contribution in [0.1, 0.15) is 30.7 Å². The summed E-state index contributed by atoms with van der Waals surface area (Å²) in [4.78, 5) is 18.3. The van der Waals surface area contributed by atoms with E-state index in [1.807, 2.05) is 31.2 Å². The fourth-order valence-electron chi connectivity index (χ4n) is 3.36. The Kier molecular flexibility index (Phi) is 5.24. The summed E-state index contributed by atoms with van der Waals surface area (Å²) < 4.78 is 37.8. The van der Waals surface area contributed by atoms with E-state index >= 15 is 0 Å². The Morgan fingerprint density at radius 3 is 2.90 bits per heavy atom. The van der Waals surface area contributed by atoms with Gasteiger partial charge in [-0.1, -0.05) is 23.4 Å². The number of carbonyl (C=O) groups excluding carboxylic acids is 1. The lowest BCUT2D eigenvalue weighted by atomic mass is 10.1. The molecule has 0 spiro atoms. The number of aromatic nitrogens is 2. The summed E-state index contributed by atoms with van der Waals surface area (Å²) in [7, 11) is 0. The first-order valence-electron chi connectivity index (χ1n) is 9.32. The summed E-state index contributed by atoms with van der Waals surface area (Å²) in [6.07, 6.45) is 0.198. The predicted molar refractivity (Wildman–Crippen MR) is 100 cm³/mol. The highest BCUT2D eigenvalue weighted by atomic mass is 19.1. The van der Waals surface area contributed by atoms with E-state index < -0.39 is 11.6 Å². The van der Waals surface area contributed by atoms with Gasteiger partial charge < -0.3 is 14.2 Å². The minimum absolute atomic E-state index is 0.0683. The number of carbonyl (C=O) groups is 1. The number of likely N-dealkylation sites (tertiary alicyclic amines) is 1. The van der Waals surface area contributed by atoms with Gasteiger partial charge in [-0.15, -0.1) is 0 Å². The second-order valence-corrected chi connectivity index (χ2v) is 6.83. The number of halogens is 2. The van der Waals surface area contributed by atoms with E-state index in [4.69, 9.17) is 9.26 Å². The lowest BCUT2D eigenvalue weighted by Crippen LogP contribution is -2.25. The summed E-state index contributed by atoms with van der Waals surface area (Å²) >= 11 is 0. The van der Waals surface area contributed by atoms with Crippen LogP contribution in [0.4, 0.5) is 8.78 Å². The quantitative estimate of drug-likeness (QED) is 0.628. The Balaban J connectivity index is 1.47. The number of hydrogen-bond acceptors (Lipinski definition) is 5. The molecule has 1 aliphatic heterocycles. The van der Waals surface area contributed by atoms with Crippen LogP contribution in [0.2, 0.25) is 0 Å². The molecule has 4 rings (SSSR count). The monoisotopic (exact) mass is 399 g/mol. The molecule has 150 valence electrons. The molecule has 1 unspecified atom stereocenters. The fourth-order valence-corrected chi connectivity index (χ4v) is 3.36. The summed E-state index contributed by atoms with van der Waals surface area (Å²) in [6, 6.07) is 10.7. The van der Waals surface area contributed by atoms with Crippen LogP contribution in [-0.2, 0) is 11.3 Å². The summed E-state index contributed by atoms with van der Waals surface area (Å²) in [5.74, 6) is -0.257. The zero-order chi connectivity index (χ0) is 20.4. The molecule has 8 heteroatoms. The first-order chi connectivity index (χ1) is 14.0. The zero-order valence-electron chi connectivity index (χ0n) is 15.8. The van der Waals surface area contributed by atoms with Gasteiger partial charge >= 0.3 is 0 Å². The second-order valence-electron chi connectivity index (χ2n) is 6.83. The zero-order valence-corrected chi connectivity index (χ0v) is 15.8. The maximum atomic E-state index is 13.9. The lowest BCUT2D eigenvalue weighted by Gasteiger charge is -2.16. The molecule has 0 saturated carbocycles. The van der Waals surface area contributed by atoms with Gasteiger partial charge in [-0.2, -0.15) is 4.98 Å². The molecular weight excluding hydrogens is 380 g/mol. The Labute approximate surface area is 166 Å². The molecule has 2 heterocycles. The molecule has 0 N–H and O–H groups in total. The van der Waals surface area contributed by atoms with Gasteiger partial charge in [-0.05, 0) is 25.1 Å². The highest BCUT2D eigenvalue weighted by Crippen LogP contribution is 2.30. The van der Waals surface area contributed by atoms with Crippen molar-refractivity contribution in [3.63, 3.8) is 0 Å². The molecule has 0 radical (unpaired) electrons. The number of nitrogens with zero attached hydrogens (tertiary/aromatic N) is 3. The number of benzene rings is 2. The highest BCUT2D eigenvalue weighted by molar-refractivity contribution is 5.79. The molecule has 2 aromatic carbocycles. The van der Waals surface area contributed by atoms with Crippen LogP contribution in [0.25, 0.3) is 11.4 Å². The molecule has 6 nitrogen and oxygen atoms in total. The lowest BCUT2D eigenvalue weighted by molar-refractivity contribution is -0.128. The van der Waals surface area contributed by atoms with Crippen molar-refractivity contribution in [2.75, 3.05) is 13.2 Å². The molecule has 1 fully saturated rings. The minimum Gasteiger partial charge on any atom is -0.494 e. The fraction of sp³-hybridized carbons (Fsp3) is 0.286. The van der Waals surface area contributed by atoms with Crippen molar-refractivity contribution in [2.24, 2.45) is 0 Å². The number of rotatable bonds is 6. The van der Waals surface area contributed by atoms with E-state index in [1.165, 1.54) is 17.0 Å². The predicted octanol–water partition coefficient (Wildman–Crippen LogP) is 3.93. The maximum Gasteiger partial charge on any atom is 0.232 e. The third-order valence-electron chi connectivity index (χ3n) is 4.79. The van der Waals surface area contributed by atoms with Crippen molar-refractivity contribution < 1.29 is 22.8 Å². The van der Waals surface area contributed by atoms with Gasteiger partial charge in [0.25, 0.3) is 0 Å². The molecule has 1 amide bonds. The van der Waals surface area contributed by atoms with E-state index in [9.17, 15) is 13.6 Å². The Hall–Kier alpha value is -3.29. The molecule has 1 aromatic heterocycles. The van der Waals surface area contributed by atoms with Gasteiger partial charge in [0.1, 0.15) is 17.4 Å².